The van der Waals surface area contributed by atoms with E-state index in [-0.39, 0.29) is 16.5 Å². The number of rotatable bonds is 3. The van der Waals surface area contributed by atoms with Gasteiger partial charge >= 0.3 is 0 Å². The molecule has 0 bridgehead atoms. The number of nitrogens with zero attached hydrogens (tertiary/aromatic N) is 1. The number of nitrogens with one attached hydrogen (secondary N) is 1. The van der Waals surface area contributed by atoms with E-state index in [1.165, 1.54) is 18.2 Å². The van der Waals surface area contributed by atoms with Crippen LogP contribution in [0.4, 0.5) is 10.1 Å². The van der Waals surface area contributed by atoms with Crippen LogP contribution >= 0.6 is 11.6 Å². The number of halogens is 2. The molecular formula is C11H8ClFN2O3S. The number of benzene rings is 1. The molecule has 2 N–H and O–H groups in total. The summed E-state index contributed by atoms with van der Waals surface area (Å²) in [5, 5.41) is 8.43. The maximum Gasteiger partial charge on any atom is 0.282 e. The normalized spacial score (nSPS) is 11.3. The molecular weight excluding hydrogens is 295 g/mol. The first-order chi connectivity index (χ1) is 8.90. The van der Waals surface area contributed by atoms with Crippen LogP contribution in [0.2, 0.25) is 5.02 Å². The zero-order valence-electron chi connectivity index (χ0n) is 9.34. The lowest BCUT2D eigenvalue weighted by molar-refractivity contribution is 0.475. The molecule has 0 amide bonds. The van der Waals surface area contributed by atoms with Gasteiger partial charge in [-0.3, -0.25) is 4.72 Å². The lowest BCUT2D eigenvalue weighted by atomic mass is 10.3. The van der Waals surface area contributed by atoms with E-state index < -0.39 is 20.9 Å². The van der Waals surface area contributed by atoms with Crippen LogP contribution in [0.3, 0.4) is 0 Å². The van der Waals surface area contributed by atoms with Gasteiger partial charge < -0.3 is 5.11 Å². The third-order valence-corrected chi connectivity index (χ3v) is 3.79. The lowest BCUT2D eigenvalue weighted by Gasteiger charge is -2.09. The minimum absolute atomic E-state index is 0.0140. The van der Waals surface area contributed by atoms with Gasteiger partial charge in [-0.15, -0.1) is 0 Å². The van der Waals surface area contributed by atoms with Crippen LogP contribution < -0.4 is 4.72 Å². The van der Waals surface area contributed by atoms with Gasteiger partial charge in [0.15, 0.2) is 5.82 Å². The van der Waals surface area contributed by atoms with Crippen molar-refractivity contribution in [3.8, 4) is 5.75 Å². The first-order valence-electron chi connectivity index (χ1n) is 5.02. The van der Waals surface area contributed by atoms with E-state index in [0.717, 1.165) is 18.3 Å². The molecule has 0 saturated heterocycles. The lowest BCUT2D eigenvalue weighted by Crippen LogP contribution is -2.16. The first kappa shape index (κ1) is 13.6. The first-order valence-corrected chi connectivity index (χ1v) is 6.88. The highest BCUT2D eigenvalue weighted by Crippen LogP contribution is 2.28. The Balaban J connectivity index is 2.40. The zero-order chi connectivity index (χ0) is 14.0. The molecule has 1 heterocycles. The number of sulfonamides is 1. The maximum absolute atomic E-state index is 13.4. The molecule has 0 radical (unpaired) electrons. The van der Waals surface area contributed by atoms with Crippen molar-refractivity contribution < 1.29 is 17.9 Å². The number of anilines is 1. The number of aromatic hydroxyl groups is 1. The Kier molecular flexibility index (Phi) is 3.59. The summed E-state index contributed by atoms with van der Waals surface area (Å²) in [7, 11) is -4.18. The fraction of sp³-hybridized carbons (Fsp3) is 0. The van der Waals surface area contributed by atoms with Crippen molar-refractivity contribution in [3.63, 3.8) is 0 Å². The Morgan fingerprint density at radius 1 is 1.32 bits per heavy atom. The highest BCUT2D eigenvalue weighted by Gasteiger charge is 2.21. The van der Waals surface area contributed by atoms with Gasteiger partial charge in [0.1, 0.15) is 5.75 Å². The summed E-state index contributed by atoms with van der Waals surface area (Å²) in [6.07, 6.45) is 1.16. The van der Waals surface area contributed by atoms with Gasteiger partial charge in [-0.05, 0) is 24.3 Å². The summed E-state index contributed by atoms with van der Waals surface area (Å²) >= 11 is 5.76. The quantitative estimate of drug-likeness (QED) is 0.853. The van der Waals surface area contributed by atoms with Crippen molar-refractivity contribution in [2.45, 2.75) is 5.03 Å². The molecule has 0 fully saturated rings. The van der Waals surface area contributed by atoms with Crippen molar-refractivity contribution in [2.24, 2.45) is 0 Å². The second-order valence-electron chi connectivity index (χ2n) is 3.56. The molecule has 100 valence electrons. The number of hydrogen-bond donors (Lipinski definition) is 2. The van der Waals surface area contributed by atoms with Gasteiger partial charge in [0, 0.05) is 12.3 Å². The summed E-state index contributed by atoms with van der Waals surface area (Å²) in [5.74, 6) is -1.08. The van der Waals surface area contributed by atoms with Crippen LogP contribution in [-0.2, 0) is 10.0 Å². The van der Waals surface area contributed by atoms with Crippen LogP contribution in [0.25, 0.3) is 0 Å². The van der Waals surface area contributed by atoms with E-state index in [4.69, 9.17) is 16.7 Å². The molecule has 2 rings (SSSR count). The molecule has 1 aromatic heterocycles. The molecule has 19 heavy (non-hydrogen) atoms. The highest BCUT2D eigenvalue weighted by molar-refractivity contribution is 7.92. The highest BCUT2D eigenvalue weighted by atomic mass is 35.5. The molecule has 2 aromatic rings. The fourth-order valence-electron chi connectivity index (χ4n) is 1.35. The third kappa shape index (κ3) is 2.94. The van der Waals surface area contributed by atoms with E-state index in [2.05, 4.69) is 9.71 Å². The standard InChI is InChI=1S/C11H8ClFN2O3S/c12-8-6-7(16)3-4-10(8)15-19(17,18)11-9(13)2-1-5-14-11/h1-6,15-16H. The predicted octanol–water partition coefficient (Wildman–Crippen LogP) is 2.38. The van der Waals surface area contributed by atoms with E-state index in [0.29, 0.717) is 0 Å². The van der Waals surface area contributed by atoms with Crippen LogP contribution in [-0.4, -0.2) is 18.5 Å². The molecule has 0 aliphatic carbocycles. The van der Waals surface area contributed by atoms with Gasteiger partial charge in [0.25, 0.3) is 10.0 Å². The van der Waals surface area contributed by atoms with Crippen LogP contribution in [0.1, 0.15) is 0 Å². The van der Waals surface area contributed by atoms with Crippen molar-refractivity contribution >= 4 is 27.3 Å². The minimum atomic E-state index is -4.18. The number of phenolic OH excluding ortho intramolecular Hbond substituents is 1. The smallest absolute Gasteiger partial charge is 0.282 e. The van der Waals surface area contributed by atoms with Gasteiger partial charge in [0.2, 0.25) is 5.03 Å². The molecule has 0 saturated carbocycles. The number of phenols is 1. The van der Waals surface area contributed by atoms with Crippen molar-refractivity contribution in [2.75, 3.05) is 4.72 Å². The Labute approximate surface area is 113 Å². The molecule has 0 aliphatic heterocycles. The Morgan fingerprint density at radius 2 is 2.05 bits per heavy atom. The van der Waals surface area contributed by atoms with E-state index in [9.17, 15) is 12.8 Å². The minimum Gasteiger partial charge on any atom is -0.508 e. The molecule has 0 spiro atoms. The van der Waals surface area contributed by atoms with Gasteiger partial charge in [-0.2, -0.15) is 8.42 Å². The van der Waals surface area contributed by atoms with E-state index >= 15 is 0 Å². The van der Waals surface area contributed by atoms with Crippen LogP contribution in [0, 0.1) is 5.82 Å². The number of aromatic nitrogens is 1. The average Bonchev–Trinajstić information content (AvgIpc) is 2.33. The van der Waals surface area contributed by atoms with Gasteiger partial charge in [-0.25, -0.2) is 9.37 Å². The van der Waals surface area contributed by atoms with Crippen molar-refractivity contribution in [1.82, 2.24) is 4.98 Å². The zero-order valence-corrected chi connectivity index (χ0v) is 10.9. The SMILES string of the molecule is O=S(=O)(Nc1ccc(O)cc1Cl)c1ncccc1F. The monoisotopic (exact) mass is 302 g/mol. The maximum atomic E-state index is 13.4. The largest absolute Gasteiger partial charge is 0.508 e. The summed E-state index contributed by atoms with van der Waals surface area (Å²) in [6, 6.07) is 5.94. The Morgan fingerprint density at radius 3 is 2.68 bits per heavy atom. The second-order valence-corrected chi connectivity index (χ2v) is 5.56. The number of hydrogen-bond acceptors (Lipinski definition) is 4. The van der Waals surface area contributed by atoms with Crippen molar-refractivity contribution in [1.29, 1.82) is 0 Å². The Hall–Kier alpha value is -1.86. The van der Waals surface area contributed by atoms with Gasteiger partial charge in [0.05, 0.1) is 10.7 Å². The number of pyridine rings is 1. The molecule has 5 nitrogen and oxygen atoms in total. The molecule has 0 atom stereocenters. The Bertz CT molecular complexity index is 722. The van der Waals surface area contributed by atoms with Crippen LogP contribution in [0.5, 0.6) is 5.75 Å². The molecule has 1 aromatic carbocycles. The second kappa shape index (κ2) is 5.02. The van der Waals surface area contributed by atoms with Crippen molar-refractivity contribution in [3.05, 3.63) is 47.4 Å². The topological polar surface area (TPSA) is 79.3 Å². The third-order valence-electron chi connectivity index (χ3n) is 2.18. The van der Waals surface area contributed by atoms with Gasteiger partial charge in [-0.1, -0.05) is 11.6 Å². The fourth-order valence-corrected chi connectivity index (χ4v) is 2.72. The molecule has 0 aliphatic rings. The van der Waals surface area contributed by atoms with E-state index in [1.807, 2.05) is 0 Å². The molecule has 8 heteroatoms. The summed E-state index contributed by atoms with van der Waals surface area (Å²) in [6.45, 7) is 0. The summed E-state index contributed by atoms with van der Waals surface area (Å²) in [5.41, 5.74) is 0.0181. The summed E-state index contributed by atoms with van der Waals surface area (Å²) < 4.78 is 39.3. The predicted molar refractivity (Wildman–Crippen MR) is 68.1 cm³/mol. The average molecular weight is 303 g/mol. The molecule has 0 unspecified atom stereocenters. The summed E-state index contributed by atoms with van der Waals surface area (Å²) in [4.78, 5) is 3.48. The van der Waals surface area contributed by atoms with Crippen LogP contribution in [0.15, 0.2) is 41.6 Å². The van der Waals surface area contributed by atoms with E-state index in [1.54, 1.807) is 0 Å².